The van der Waals surface area contributed by atoms with Crippen LogP contribution in [-0.2, 0) is 14.3 Å². The van der Waals surface area contributed by atoms with Gasteiger partial charge in [-0.1, -0.05) is 0 Å². The molecular formula is C9H13N3O5S. The Hall–Kier alpha value is -1.48. The van der Waals surface area contributed by atoms with E-state index >= 15 is 0 Å². The summed E-state index contributed by atoms with van der Waals surface area (Å²) in [6.07, 6.45) is 3.51. The van der Waals surface area contributed by atoms with E-state index in [0.717, 1.165) is 6.42 Å². The highest BCUT2D eigenvalue weighted by Gasteiger charge is 2.37. The molecular weight excluding hydrogens is 262 g/mol. The van der Waals surface area contributed by atoms with Gasteiger partial charge in [0.05, 0.1) is 17.9 Å². The Labute approximate surface area is 104 Å². The molecule has 1 fully saturated rings. The molecule has 8 nitrogen and oxygen atoms in total. The number of rotatable bonds is 5. The van der Waals surface area contributed by atoms with Gasteiger partial charge in [0.2, 0.25) is 6.33 Å². The van der Waals surface area contributed by atoms with Crippen molar-refractivity contribution in [1.82, 2.24) is 9.55 Å². The van der Waals surface area contributed by atoms with Crippen molar-refractivity contribution in [3.8, 4) is 0 Å². The maximum Gasteiger partial charge on any atom is 0.381 e. The highest BCUT2D eigenvalue weighted by molar-refractivity contribution is 7.86. The van der Waals surface area contributed by atoms with Gasteiger partial charge in [0.1, 0.15) is 6.20 Å². The zero-order chi connectivity index (χ0) is 13.3. The normalized spacial score (nSPS) is 23.6. The first-order valence-corrected chi connectivity index (χ1v) is 7.09. The molecule has 2 atom stereocenters. The molecule has 2 rings (SSSR count). The zero-order valence-electron chi connectivity index (χ0n) is 9.72. The molecule has 9 heteroatoms. The summed E-state index contributed by atoms with van der Waals surface area (Å²) in [7, 11) is -3.50. The van der Waals surface area contributed by atoms with Crippen molar-refractivity contribution in [1.29, 1.82) is 0 Å². The lowest BCUT2D eigenvalue weighted by atomic mass is 9.89. The van der Waals surface area contributed by atoms with Gasteiger partial charge in [0.25, 0.3) is 10.1 Å². The monoisotopic (exact) mass is 275 g/mol. The minimum Gasteiger partial charge on any atom is -0.358 e. The minimum atomic E-state index is -3.50. The quantitative estimate of drug-likeness (QED) is 0.448. The van der Waals surface area contributed by atoms with Crippen molar-refractivity contribution in [3.63, 3.8) is 0 Å². The first kappa shape index (κ1) is 13.0. The summed E-state index contributed by atoms with van der Waals surface area (Å²) in [5, 5.41) is 10.5. The Morgan fingerprint density at radius 3 is 2.78 bits per heavy atom. The van der Waals surface area contributed by atoms with Crippen LogP contribution in [0.5, 0.6) is 0 Å². The molecule has 0 saturated heterocycles. The number of nitrogens with zero attached hydrogens (tertiary/aromatic N) is 3. The van der Waals surface area contributed by atoms with Crippen LogP contribution in [0.3, 0.4) is 0 Å². The lowest BCUT2D eigenvalue weighted by Gasteiger charge is -2.35. The Kier molecular flexibility index (Phi) is 3.35. The molecule has 0 aliphatic heterocycles. The summed E-state index contributed by atoms with van der Waals surface area (Å²) in [4.78, 5) is 13.5. The van der Waals surface area contributed by atoms with Crippen molar-refractivity contribution in [2.24, 2.45) is 0 Å². The summed E-state index contributed by atoms with van der Waals surface area (Å²) in [5.74, 6) is -0.334. The van der Waals surface area contributed by atoms with Crippen LogP contribution in [0.1, 0.15) is 25.8 Å². The molecule has 1 saturated carbocycles. The summed E-state index contributed by atoms with van der Waals surface area (Å²) in [6, 6.07) is -0.201. The average molecular weight is 275 g/mol. The molecule has 100 valence electrons. The first-order valence-electron chi connectivity index (χ1n) is 5.52. The van der Waals surface area contributed by atoms with E-state index in [9.17, 15) is 18.5 Å². The van der Waals surface area contributed by atoms with Gasteiger partial charge in [-0.15, -0.1) is 0 Å². The van der Waals surface area contributed by atoms with Crippen molar-refractivity contribution < 1.29 is 17.5 Å². The van der Waals surface area contributed by atoms with E-state index in [2.05, 4.69) is 4.98 Å². The lowest BCUT2D eigenvalue weighted by Crippen LogP contribution is -2.37. The smallest absolute Gasteiger partial charge is 0.358 e. The minimum absolute atomic E-state index is 0.0830. The van der Waals surface area contributed by atoms with Gasteiger partial charge in [-0.2, -0.15) is 8.42 Å². The van der Waals surface area contributed by atoms with Crippen LogP contribution in [-0.4, -0.2) is 34.7 Å². The van der Waals surface area contributed by atoms with Gasteiger partial charge < -0.3 is 14.7 Å². The number of imidazole rings is 1. The van der Waals surface area contributed by atoms with Crippen LogP contribution >= 0.6 is 0 Å². The zero-order valence-corrected chi connectivity index (χ0v) is 10.5. The number of aromatic nitrogens is 2. The fraction of sp³-hybridized carbons (Fsp3) is 0.667. The molecule has 1 aromatic heterocycles. The van der Waals surface area contributed by atoms with Crippen LogP contribution in [0.15, 0.2) is 12.5 Å². The largest absolute Gasteiger partial charge is 0.381 e. The molecule has 2 unspecified atom stereocenters. The van der Waals surface area contributed by atoms with Gasteiger partial charge >= 0.3 is 5.82 Å². The maximum atomic E-state index is 11.3. The van der Waals surface area contributed by atoms with E-state index in [-0.39, 0.29) is 17.6 Å². The summed E-state index contributed by atoms with van der Waals surface area (Å²) in [6.45, 7) is 1.51. The SMILES string of the molecule is CCS(=O)(=O)OC1CCC1n1cnc([N+](=O)[O-])c1. The molecule has 0 bridgehead atoms. The van der Waals surface area contributed by atoms with Crippen LogP contribution in [0.2, 0.25) is 0 Å². The summed E-state index contributed by atoms with van der Waals surface area (Å²) < 4.78 is 29.2. The van der Waals surface area contributed by atoms with Crippen LogP contribution in [0.25, 0.3) is 0 Å². The number of nitro groups is 1. The second kappa shape index (κ2) is 4.65. The third-order valence-corrected chi connectivity index (χ3v) is 4.21. The fourth-order valence-corrected chi connectivity index (χ4v) is 2.50. The average Bonchev–Trinajstić information content (AvgIpc) is 2.74. The topological polar surface area (TPSA) is 104 Å². The Morgan fingerprint density at radius 2 is 2.33 bits per heavy atom. The molecule has 0 aromatic carbocycles. The summed E-state index contributed by atoms with van der Waals surface area (Å²) in [5.41, 5.74) is 0. The maximum absolute atomic E-state index is 11.3. The van der Waals surface area contributed by atoms with E-state index < -0.39 is 21.1 Å². The second-order valence-corrected chi connectivity index (χ2v) is 5.95. The molecule has 18 heavy (non-hydrogen) atoms. The van der Waals surface area contributed by atoms with E-state index in [1.165, 1.54) is 24.0 Å². The summed E-state index contributed by atoms with van der Waals surface area (Å²) >= 11 is 0. The van der Waals surface area contributed by atoms with Crippen LogP contribution < -0.4 is 0 Å². The Morgan fingerprint density at radius 1 is 1.61 bits per heavy atom. The Balaban J connectivity index is 2.08. The van der Waals surface area contributed by atoms with Gasteiger partial charge in [0, 0.05) is 0 Å². The lowest BCUT2D eigenvalue weighted by molar-refractivity contribution is -0.389. The molecule has 0 amide bonds. The third-order valence-electron chi connectivity index (χ3n) is 2.96. The van der Waals surface area contributed by atoms with Crippen molar-refractivity contribution in [3.05, 3.63) is 22.6 Å². The number of hydrogen-bond donors (Lipinski definition) is 0. The van der Waals surface area contributed by atoms with Crippen molar-refractivity contribution >= 4 is 15.9 Å². The predicted molar refractivity (Wildman–Crippen MR) is 61.5 cm³/mol. The third kappa shape index (κ3) is 2.51. The standard InChI is InChI=1S/C9H13N3O5S/c1-2-18(15,16)17-8-4-3-7(8)11-5-9(10-6-11)12(13)14/h5-8H,2-4H2,1H3. The van der Waals surface area contributed by atoms with E-state index in [0.29, 0.717) is 6.42 Å². The highest BCUT2D eigenvalue weighted by Crippen LogP contribution is 2.36. The van der Waals surface area contributed by atoms with Gasteiger partial charge in [-0.25, -0.2) is 0 Å². The fourth-order valence-electron chi connectivity index (χ4n) is 1.76. The van der Waals surface area contributed by atoms with Crippen LogP contribution in [0, 0.1) is 10.1 Å². The van der Waals surface area contributed by atoms with Gasteiger partial charge in [-0.3, -0.25) is 4.18 Å². The Bertz CT molecular complexity index is 552. The predicted octanol–water partition coefficient (Wildman–Crippen LogP) is 0.861. The van der Waals surface area contributed by atoms with Gasteiger partial charge in [0.15, 0.2) is 0 Å². The van der Waals surface area contributed by atoms with Crippen molar-refractivity contribution in [2.45, 2.75) is 31.9 Å². The molecule has 1 aliphatic rings. The van der Waals surface area contributed by atoms with Crippen LogP contribution in [0.4, 0.5) is 5.82 Å². The molecule has 0 spiro atoms. The first-order chi connectivity index (χ1) is 8.43. The van der Waals surface area contributed by atoms with Crippen molar-refractivity contribution in [2.75, 3.05) is 5.75 Å². The molecule has 0 radical (unpaired) electrons. The molecule has 1 heterocycles. The van der Waals surface area contributed by atoms with E-state index in [1.807, 2.05) is 0 Å². The molecule has 1 aromatic rings. The highest BCUT2D eigenvalue weighted by atomic mass is 32.2. The van der Waals surface area contributed by atoms with Gasteiger partial charge in [-0.05, 0) is 29.7 Å². The van der Waals surface area contributed by atoms with E-state index in [4.69, 9.17) is 4.18 Å². The second-order valence-electron chi connectivity index (χ2n) is 4.06. The number of hydrogen-bond acceptors (Lipinski definition) is 6. The molecule has 1 aliphatic carbocycles. The van der Waals surface area contributed by atoms with E-state index in [1.54, 1.807) is 0 Å². The molecule has 0 N–H and O–H groups in total.